The molecule has 0 aromatic heterocycles. The fourth-order valence-corrected chi connectivity index (χ4v) is 2.58. The van der Waals surface area contributed by atoms with E-state index in [9.17, 15) is 9.18 Å². The van der Waals surface area contributed by atoms with Crippen molar-refractivity contribution in [3.05, 3.63) is 34.6 Å². The van der Waals surface area contributed by atoms with E-state index in [0.29, 0.717) is 5.02 Å². The van der Waals surface area contributed by atoms with E-state index in [0.717, 1.165) is 32.4 Å². The molecule has 3 nitrogen and oxygen atoms in total. The average Bonchev–Trinajstić information content (AvgIpc) is 2.69. The van der Waals surface area contributed by atoms with Gasteiger partial charge in [0.2, 0.25) is 0 Å². The number of carbonyl (C=O) groups excluding carboxylic acids is 1. The molecule has 1 unspecified atom stereocenters. The van der Waals surface area contributed by atoms with Crippen molar-refractivity contribution < 1.29 is 9.18 Å². The summed E-state index contributed by atoms with van der Waals surface area (Å²) in [5, 5.41) is 3.67. The fourth-order valence-electron chi connectivity index (χ4n) is 2.41. The summed E-state index contributed by atoms with van der Waals surface area (Å²) in [6.45, 7) is 1.87. The quantitative estimate of drug-likeness (QED) is 0.908. The average molecular weight is 321 g/mol. The van der Waals surface area contributed by atoms with Gasteiger partial charge >= 0.3 is 0 Å². The van der Waals surface area contributed by atoms with E-state index in [2.05, 4.69) is 5.32 Å². The van der Waals surface area contributed by atoms with Crippen LogP contribution >= 0.6 is 24.0 Å². The first kappa shape index (κ1) is 17.2. The van der Waals surface area contributed by atoms with Crippen LogP contribution < -0.4 is 5.32 Å². The lowest BCUT2D eigenvalue weighted by molar-refractivity contribution is 0.0715. The van der Waals surface area contributed by atoms with Gasteiger partial charge < -0.3 is 10.2 Å². The van der Waals surface area contributed by atoms with Crippen molar-refractivity contribution in [1.82, 2.24) is 10.2 Å². The Morgan fingerprint density at radius 3 is 2.90 bits per heavy atom. The summed E-state index contributed by atoms with van der Waals surface area (Å²) in [6.07, 6.45) is 2.86. The lowest BCUT2D eigenvalue weighted by Gasteiger charge is -2.27. The minimum Gasteiger partial charge on any atom is -0.339 e. The zero-order valence-corrected chi connectivity index (χ0v) is 12.9. The third-order valence-electron chi connectivity index (χ3n) is 3.57. The van der Waals surface area contributed by atoms with Crippen molar-refractivity contribution in [1.29, 1.82) is 0 Å². The molecule has 0 spiro atoms. The second-order valence-electron chi connectivity index (χ2n) is 4.87. The van der Waals surface area contributed by atoms with E-state index >= 15 is 0 Å². The molecular weight excluding hydrogens is 302 g/mol. The third-order valence-corrected chi connectivity index (χ3v) is 3.81. The van der Waals surface area contributed by atoms with Crippen molar-refractivity contribution in [2.75, 3.05) is 20.1 Å². The summed E-state index contributed by atoms with van der Waals surface area (Å²) in [4.78, 5) is 14.0. The van der Waals surface area contributed by atoms with E-state index in [1.54, 1.807) is 11.9 Å². The number of hydrogen-bond acceptors (Lipinski definition) is 2. The van der Waals surface area contributed by atoms with Crippen LogP contribution in [0.2, 0.25) is 5.02 Å². The van der Waals surface area contributed by atoms with Crippen LogP contribution in [0.4, 0.5) is 4.39 Å². The number of nitrogens with one attached hydrogen (secondary N) is 1. The SMILES string of the molecule is CN(C(=O)c1cc(Cl)ccc1F)C1CCCNCC1.Cl. The highest BCUT2D eigenvalue weighted by Gasteiger charge is 2.24. The molecule has 6 heteroatoms. The highest BCUT2D eigenvalue weighted by Crippen LogP contribution is 2.19. The number of hydrogen-bond donors (Lipinski definition) is 1. The third kappa shape index (κ3) is 4.08. The molecule has 0 radical (unpaired) electrons. The second kappa shape index (κ2) is 7.81. The molecule has 1 aliphatic heterocycles. The van der Waals surface area contributed by atoms with Crippen LogP contribution in [0.15, 0.2) is 18.2 Å². The number of nitrogens with zero attached hydrogens (tertiary/aromatic N) is 1. The Labute approximate surface area is 129 Å². The van der Waals surface area contributed by atoms with Crippen molar-refractivity contribution in [3.63, 3.8) is 0 Å². The Balaban J connectivity index is 0.00000200. The summed E-state index contributed by atoms with van der Waals surface area (Å²) in [5.74, 6) is -0.820. The van der Waals surface area contributed by atoms with E-state index in [-0.39, 0.29) is 29.9 Å². The Bertz CT molecular complexity index is 462. The summed E-state index contributed by atoms with van der Waals surface area (Å²) in [7, 11) is 1.73. The Kier molecular flexibility index (Phi) is 6.72. The van der Waals surface area contributed by atoms with E-state index < -0.39 is 5.82 Å². The highest BCUT2D eigenvalue weighted by molar-refractivity contribution is 6.31. The monoisotopic (exact) mass is 320 g/mol. The van der Waals surface area contributed by atoms with Crippen LogP contribution in [0.5, 0.6) is 0 Å². The number of benzene rings is 1. The number of rotatable bonds is 2. The van der Waals surface area contributed by atoms with Crippen molar-refractivity contribution in [3.8, 4) is 0 Å². The fraction of sp³-hybridized carbons (Fsp3) is 0.500. The van der Waals surface area contributed by atoms with Gasteiger partial charge in [0.1, 0.15) is 5.82 Å². The second-order valence-corrected chi connectivity index (χ2v) is 5.31. The molecule has 0 bridgehead atoms. The van der Waals surface area contributed by atoms with Crippen LogP contribution in [0, 0.1) is 5.82 Å². The van der Waals surface area contributed by atoms with Gasteiger partial charge in [-0.25, -0.2) is 4.39 Å². The van der Waals surface area contributed by atoms with Crippen LogP contribution in [0.1, 0.15) is 29.6 Å². The smallest absolute Gasteiger partial charge is 0.256 e. The number of carbonyl (C=O) groups is 1. The molecule has 1 saturated heterocycles. The van der Waals surface area contributed by atoms with E-state index in [4.69, 9.17) is 11.6 Å². The Morgan fingerprint density at radius 1 is 1.40 bits per heavy atom. The first-order chi connectivity index (χ1) is 9.09. The zero-order valence-electron chi connectivity index (χ0n) is 11.4. The molecule has 1 fully saturated rings. The number of amides is 1. The molecule has 112 valence electrons. The highest BCUT2D eigenvalue weighted by atomic mass is 35.5. The molecule has 1 aromatic carbocycles. The first-order valence-electron chi connectivity index (χ1n) is 6.52. The Morgan fingerprint density at radius 2 is 2.15 bits per heavy atom. The predicted molar refractivity (Wildman–Crippen MR) is 81.3 cm³/mol. The normalized spacial score (nSPS) is 18.9. The minimum absolute atomic E-state index is 0. The van der Waals surface area contributed by atoms with Gasteiger partial charge in [0.05, 0.1) is 5.56 Å². The summed E-state index contributed by atoms with van der Waals surface area (Å²) in [5.41, 5.74) is 0.0483. The lowest BCUT2D eigenvalue weighted by atomic mass is 10.1. The maximum atomic E-state index is 13.7. The molecule has 1 aliphatic rings. The maximum absolute atomic E-state index is 13.7. The van der Waals surface area contributed by atoms with Gasteiger partial charge in [-0.1, -0.05) is 11.6 Å². The van der Waals surface area contributed by atoms with E-state index in [1.165, 1.54) is 18.2 Å². The molecule has 2 rings (SSSR count). The number of halogens is 3. The van der Waals surface area contributed by atoms with Crippen LogP contribution in [-0.4, -0.2) is 37.0 Å². The molecule has 20 heavy (non-hydrogen) atoms. The van der Waals surface area contributed by atoms with Crippen LogP contribution in [0.25, 0.3) is 0 Å². The standard InChI is InChI=1S/C14H18ClFN2O.ClH/c1-18(11-3-2-7-17-8-6-11)14(19)12-9-10(15)4-5-13(12)16;/h4-5,9,11,17H,2-3,6-8H2,1H3;1H. The summed E-state index contributed by atoms with van der Waals surface area (Å²) < 4.78 is 13.7. The van der Waals surface area contributed by atoms with Gasteiger partial charge in [-0.2, -0.15) is 0 Å². The van der Waals surface area contributed by atoms with Gasteiger partial charge in [0.15, 0.2) is 0 Å². The molecule has 0 saturated carbocycles. The molecule has 1 atom stereocenters. The van der Waals surface area contributed by atoms with Crippen LogP contribution in [-0.2, 0) is 0 Å². The molecular formula is C14H19Cl2FN2O. The van der Waals surface area contributed by atoms with E-state index in [1.807, 2.05) is 0 Å². The Hall–Kier alpha value is -0.840. The van der Waals surface area contributed by atoms with Gasteiger partial charge in [-0.3, -0.25) is 4.79 Å². The van der Waals surface area contributed by atoms with Crippen LogP contribution in [0.3, 0.4) is 0 Å². The zero-order chi connectivity index (χ0) is 13.8. The first-order valence-corrected chi connectivity index (χ1v) is 6.90. The molecule has 1 aromatic rings. The molecule has 1 N–H and O–H groups in total. The van der Waals surface area contributed by atoms with Gasteiger partial charge in [-0.05, 0) is 50.6 Å². The minimum atomic E-state index is -0.520. The van der Waals surface area contributed by atoms with Crippen molar-refractivity contribution >= 4 is 29.9 Å². The maximum Gasteiger partial charge on any atom is 0.256 e. The van der Waals surface area contributed by atoms with Gasteiger partial charge in [0, 0.05) is 18.1 Å². The van der Waals surface area contributed by atoms with Crippen molar-refractivity contribution in [2.24, 2.45) is 0 Å². The van der Waals surface area contributed by atoms with Crippen molar-refractivity contribution in [2.45, 2.75) is 25.3 Å². The predicted octanol–water partition coefficient (Wildman–Crippen LogP) is 3.12. The topological polar surface area (TPSA) is 32.3 Å². The largest absolute Gasteiger partial charge is 0.339 e. The molecule has 0 aliphatic carbocycles. The van der Waals surface area contributed by atoms with Gasteiger partial charge in [-0.15, -0.1) is 12.4 Å². The summed E-state index contributed by atoms with van der Waals surface area (Å²) >= 11 is 5.83. The summed E-state index contributed by atoms with van der Waals surface area (Å²) in [6, 6.07) is 4.23. The molecule has 1 heterocycles. The van der Waals surface area contributed by atoms with Gasteiger partial charge in [0.25, 0.3) is 5.91 Å². The molecule has 1 amide bonds. The lowest BCUT2D eigenvalue weighted by Crippen LogP contribution is -2.38.